The molecule has 7 nitrogen and oxygen atoms in total. The third kappa shape index (κ3) is 5.75. The summed E-state index contributed by atoms with van der Waals surface area (Å²) in [5.74, 6) is 0.00593. The zero-order valence-electron chi connectivity index (χ0n) is 22.1. The van der Waals surface area contributed by atoms with Gasteiger partial charge in [-0.15, -0.1) is 0 Å². The van der Waals surface area contributed by atoms with Crippen LogP contribution in [0.4, 0.5) is 5.82 Å². The summed E-state index contributed by atoms with van der Waals surface area (Å²) in [6, 6.07) is 32.5. The van der Waals surface area contributed by atoms with Gasteiger partial charge < -0.3 is 5.32 Å². The number of hydrogen-bond donors (Lipinski definition) is 2. The fraction of sp³-hybridized carbons (Fsp3) is 0.125. The molecule has 0 saturated carbocycles. The molecule has 0 aliphatic heterocycles. The molecule has 0 aliphatic carbocycles. The van der Waals surface area contributed by atoms with Crippen molar-refractivity contribution in [3.8, 4) is 34.1 Å². The number of carbonyl (C=O) groups is 1. The molecule has 2 heterocycles. The molecule has 0 radical (unpaired) electrons. The fourth-order valence-electron chi connectivity index (χ4n) is 4.33. The Morgan fingerprint density at radius 3 is 2.33 bits per heavy atom. The van der Waals surface area contributed by atoms with Gasteiger partial charge in [0.25, 0.3) is 5.56 Å². The van der Waals surface area contributed by atoms with Gasteiger partial charge in [-0.3, -0.25) is 14.7 Å². The lowest BCUT2D eigenvalue weighted by atomic mass is 9.98. The second-order valence-corrected chi connectivity index (χ2v) is 10.5. The molecule has 1 unspecified atom stereocenters. The SMILES string of the molecule is CCC(Sc1nc(-c2ccccc2)cc(-c2ccc(C)cc2)c1C#N)C(=O)Nc1cc(=O)n(-c2ccccc2)[nH]1. The molecule has 1 atom stereocenters. The monoisotopic (exact) mass is 545 g/mol. The van der Waals surface area contributed by atoms with E-state index in [1.165, 1.54) is 22.5 Å². The van der Waals surface area contributed by atoms with Crippen LogP contribution in [0.2, 0.25) is 0 Å². The van der Waals surface area contributed by atoms with E-state index in [1.807, 2.05) is 92.7 Å². The Hall–Kier alpha value is -4.87. The molecule has 0 aliphatic rings. The van der Waals surface area contributed by atoms with Crippen molar-refractivity contribution in [2.45, 2.75) is 30.5 Å². The average molecular weight is 546 g/mol. The Morgan fingerprint density at radius 1 is 1.00 bits per heavy atom. The molecule has 5 rings (SSSR count). The number of nitrogens with zero attached hydrogens (tertiary/aromatic N) is 3. The van der Waals surface area contributed by atoms with E-state index >= 15 is 0 Å². The molecule has 2 N–H and O–H groups in total. The van der Waals surface area contributed by atoms with Crippen molar-refractivity contribution in [1.82, 2.24) is 14.8 Å². The molecule has 2 aromatic heterocycles. The summed E-state index contributed by atoms with van der Waals surface area (Å²) in [5, 5.41) is 15.9. The predicted octanol–water partition coefficient (Wildman–Crippen LogP) is 6.58. The van der Waals surface area contributed by atoms with Crippen molar-refractivity contribution in [2.24, 2.45) is 0 Å². The largest absolute Gasteiger partial charge is 0.310 e. The number of thioether (sulfide) groups is 1. The van der Waals surface area contributed by atoms with Gasteiger partial charge in [-0.2, -0.15) is 5.26 Å². The molecule has 8 heteroatoms. The Bertz CT molecular complexity index is 1740. The van der Waals surface area contributed by atoms with E-state index in [2.05, 4.69) is 16.5 Å². The molecule has 1 amide bonds. The van der Waals surface area contributed by atoms with Gasteiger partial charge in [0.05, 0.1) is 22.2 Å². The first-order chi connectivity index (χ1) is 19.5. The number of amides is 1. The van der Waals surface area contributed by atoms with Crippen LogP contribution in [0, 0.1) is 18.3 Å². The number of hydrogen-bond acceptors (Lipinski definition) is 5. The first-order valence-corrected chi connectivity index (χ1v) is 13.8. The number of nitriles is 1. The molecular weight excluding hydrogens is 518 g/mol. The van der Waals surface area contributed by atoms with Gasteiger partial charge in [-0.1, -0.05) is 97.0 Å². The first-order valence-electron chi connectivity index (χ1n) is 12.9. The van der Waals surface area contributed by atoms with Crippen molar-refractivity contribution in [3.05, 3.63) is 119 Å². The van der Waals surface area contributed by atoms with Crippen LogP contribution in [-0.4, -0.2) is 25.9 Å². The summed E-state index contributed by atoms with van der Waals surface area (Å²) in [7, 11) is 0. The standard InChI is InChI=1S/C32H27N5O2S/c1-3-28(31(39)35-29-19-30(38)37(36-29)24-12-8-5-9-13-24)40-32-26(20-33)25(22-16-14-21(2)15-17-22)18-27(34-32)23-10-6-4-7-11-23/h4-19,28,36H,3H2,1-2H3,(H,35,39). The molecule has 0 bridgehead atoms. The minimum absolute atomic E-state index is 0.283. The average Bonchev–Trinajstić information content (AvgIpc) is 3.36. The molecule has 0 fully saturated rings. The highest BCUT2D eigenvalue weighted by molar-refractivity contribution is 8.00. The summed E-state index contributed by atoms with van der Waals surface area (Å²) in [6.07, 6.45) is 0.488. The number of H-pyrrole nitrogens is 1. The van der Waals surface area contributed by atoms with Crippen molar-refractivity contribution in [3.63, 3.8) is 0 Å². The third-order valence-electron chi connectivity index (χ3n) is 6.44. The smallest absolute Gasteiger partial charge is 0.273 e. The molecule has 0 saturated heterocycles. The number of aryl methyl sites for hydroxylation is 1. The number of pyridine rings is 1. The number of aromatic nitrogens is 3. The maximum atomic E-state index is 13.4. The van der Waals surface area contributed by atoms with E-state index in [0.29, 0.717) is 28.5 Å². The number of anilines is 1. The Morgan fingerprint density at radius 2 is 1.68 bits per heavy atom. The summed E-state index contributed by atoms with van der Waals surface area (Å²) < 4.78 is 1.37. The van der Waals surface area contributed by atoms with Crippen molar-refractivity contribution in [2.75, 3.05) is 5.32 Å². The number of carbonyl (C=O) groups excluding carboxylic acids is 1. The highest BCUT2D eigenvalue weighted by atomic mass is 32.2. The van der Waals surface area contributed by atoms with Crippen LogP contribution in [0.5, 0.6) is 0 Å². The lowest BCUT2D eigenvalue weighted by Gasteiger charge is -2.17. The molecule has 198 valence electrons. The van der Waals surface area contributed by atoms with Crippen molar-refractivity contribution in [1.29, 1.82) is 5.26 Å². The van der Waals surface area contributed by atoms with Crippen LogP contribution in [0.25, 0.3) is 28.1 Å². The van der Waals surface area contributed by atoms with Crippen LogP contribution < -0.4 is 10.9 Å². The van der Waals surface area contributed by atoms with Gasteiger partial charge in [0, 0.05) is 17.2 Å². The lowest BCUT2D eigenvalue weighted by molar-refractivity contribution is -0.115. The highest BCUT2D eigenvalue weighted by Gasteiger charge is 2.24. The molecular formula is C32H27N5O2S. The molecule has 5 aromatic rings. The van der Waals surface area contributed by atoms with Crippen molar-refractivity contribution < 1.29 is 4.79 Å². The lowest BCUT2D eigenvalue weighted by Crippen LogP contribution is -2.25. The van der Waals surface area contributed by atoms with Gasteiger partial charge in [-0.25, -0.2) is 9.67 Å². The van der Waals surface area contributed by atoms with E-state index < -0.39 is 5.25 Å². The van der Waals surface area contributed by atoms with Crippen LogP contribution in [0.15, 0.2) is 107 Å². The van der Waals surface area contributed by atoms with Crippen LogP contribution in [-0.2, 0) is 4.79 Å². The normalized spacial score (nSPS) is 11.5. The highest BCUT2D eigenvalue weighted by Crippen LogP contribution is 2.36. The fourth-order valence-corrected chi connectivity index (χ4v) is 5.36. The summed E-state index contributed by atoms with van der Waals surface area (Å²) in [4.78, 5) is 30.8. The summed E-state index contributed by atoms with van der Waals surface area (Å²) >= 11 is 1.25. The number of nitrogens with one attached hydrogen (secondary N) is 2. The predicted molar refractivity (Wildman–Crippen MR) is 160 cm³/mol. The maximum absolute atomic E-state index is 13.4. The van der Waals surface area contributed by atoms with Gasteiger partial charge in [0.15, 0.2) is 0 Å². The van der Waals surface area contributed by atoms with Crippen molar-refractivity contribution >= 4 is 23.5 Å². The minimum Gasteiger partial charge on any atom is -0.310 e. The molecule has 0 spiro atoms. The van der Waals surface area contributed by atoms with E-state index in [4.69, 9.17) is 4.98 Å². The molecule has 3 aromatic carbocycles. The number of para-hydroxylation sites is 1. The van der Waals surface area contributed by atoms with Gasteiger partial charge in [0.2, 0.25) is 5.91 Å². The quantitative estimate of drug-likeness (QED) is 0.214. The van der Waals surface area contributed by atoms with E-state index in [-0.39, 0.29) is 11.5 Å². The third-order valence-corrected chi connectivity index (χ3v) is 7.79. The number of aromatic amines is 1. The van der Waals surface area contributed by atoms with E-state index in [9.17, 15) is 14.9 Å². The number of benzene rings is 3. The van der Waals surface area contributed by atoms with E-state index in [0.717, 1.165) is 27.9 Å². The first kappa shape index (κ1) is 26.7. The van der Waals surface area contributed by atoms with Crippen LogP contribution >= 0.6 is 11.8 Å². The Balaban J connectivity index is 1.49. The topological polar surface area (TPSA) is 104 Å². The Kier molecular flexibility index (Phi) is 7.94. The molecule has 40 heavy (non-hydrogen) atoms. The summed E-state index contributed by atoms with van der Waals surface area (Å²) in [6.45, 7) is 3.92. The van der Waals surface area contributed by atoms with Gasteiger partial charge in [0.1, 0.15) is 16.9 Å². The minimum atomic E-state index is -0.555. The van der Waals surface area contributed by atoms with Gasteiger partial charge >= 0.3 is 0 Å². The van der Waals surface area contributed by atoms with Crippen LogP contribution in [0.3, 0.4) is 0 Å². The van der Waals surface area contributed by atoms with Crippen LogP contribution in [0.1, 0.15) is 24.5 Å². The van der Waals surface area contributed by atoms with E-state index in [1.54, 1.807) is 12.1 Å². The second kappa shape index (κ2) is 11.9. The second-order valence-electron chi connectivity index (χ2n) is 9.26. The summed E-state index contributed by atoms with van der Waals surface area (Å²) in [5.41, 5.74) is 5.23. The number of rotatable bonds is 8. The Labute approximate surface area is 236 Å². The van der Waals surface area contributed by atoms with Gasteiger partial charge in [-0.05, 0) is 37.1 Å². The zero-order chi connectivity index (χ0) is 28.1. The maximum Gasteiger partial charge on any atom is 0.273 e. The zero-order valence-corrected chi connectivity index (χ0v) is 22.9.